The van der Waals surface area contributed by atoms with E-state index < -0.39 is 15.7 Å². The fraction of sp³-hybridized carbons (Fsp3) is 0.647. The van der Waals surface area contributed by atoms with Gasteiger partial charge in [0.05, 0.1) is 10.5 Å². The summed E-state index contributed by atoms with van der Waals surface area (Å²) in [6.45, 7) is 4.19. The summed E-state index contributed by atoms with van der Waals surface area (Å²) < 4.78 is 31.3. The molecule has 0 N–H and O–H groups in total. The highest BCUT2D eigenvalue weighted by molar-refractivity contribution is 7.86. The number of rotatable bonds is 3. The molecule has 3 nitrogen and oxygen atoms in total. The summed E-state index contributed by atoms with van der Waals surface area (Å²) in [5.74, 6) is 1.33. The largest absolute Gasteiger partial charge is 0.297 e. The van der Waals surface area contributed by atoms with E-state index in [1.807, 2.05) is 19.1 Å². The Hall–Kier alpha value is -0.870. The molecule has 4 saturated carbocycles. The van der Waals surface area contributed by atoms with Crippen molar-refractivity contribution in [3.05, 3.63) is 29.8 Å². The molecule has 1 aromatic rings. The van der Waals surface area contributed by atoms with E-state index in [-0.39, 0.29) is 10.3 Å². The maximum atomic E-state index is 12.7. The van der Waals surface area contributed by atoms with Crippen molar-refractivity contribution in [2.24, 2.45) is 17.3 Å². The maximum Gasteiger partial charge on any atom is 0.297 e. The van der Waals surface area contributed by atoms with Crippen LogP contribution < -0.4 is 0 Å². The Morgan fingerprint density at radius 2 is 1.62 bits per heavy atom. The SMILES string of the molecule is Cc1ccc(S(=O)(=O)OC23CC4CC(CC2(C)C4)C3)cc1. The van der Waals surface area contributed by atoms with Gasteiger partial charge in [-0.25, -0.2) is 0 Å². The van der Waals surface area contributed by atoms with Crippen molar-refractivity contribution in [2.75, 3.05) is 0 Å². The fourth-order valence-electron chi connectivity index (χ4n) is 5.32. The van der Waals surface area contributed by atoms with Crippen LogP contribution >= 0.6 is 0 Å². The predicted octanol–water partition coefficient (Wildman–Crippen LogP) is 3.67. The molecule has 0 aromatic heterocycles. The quantitative estimate of drug-likeness (QED) is 0.800. The van der Waals surface area contributed by atoms with E-state index in [2.05, 4.69) is 6.92 Å². The molecule has 0 amide bonds. The summed E-state index contributed by atoms with van der Waals surface area (Å²) in [6.07, 6.45) is 5.38. The third kappa shape index (κ3) is 1.92. The van der Waals surface area contributed by atoms with Gasteiger partial charge in [0.25, 0.3) is 10.1 Å². The van der Waals surface area contributed by atoms with E-state index in [1.165, 1.54) is 6.42 Å². The van der Waals surface area contributed by atoms with Crippen molar-refractivity contribution in [3.8, 4) is 0 Å². The van der Waals surface area contributed by atoms with Crippen LogP contribution in [0, 0.1) is 24.2 Å². The molecule has 4 heteroatoms. The zero-order chi connectivity index (χ0) is 14.9. The van der Waals surface area contributed by atoms with Gasteiger partial charge in [-0.2, -0.15) is 8.42 Å². The Morgan fingerprint density at radius 3 is 2.19 bits per heavy atom. The van der Waals surface area contributed by atoms with Gasteiger partial charge in [0.1, 0.15) is 0 Å². The van der Waals surface area contributed by atoms with Gasteiger partial charge in [0, 0.05) is 0 Å². The molecule has 21 heavy (non-hydrogen) atoms. The summed E-state index contributed by atoms with van der Waals surface area (Å²) >= 11 is 0. The van der Waals surface area contributed by atoms with Crippen LogP contribution in [0.5, 0.6) is 0 Å². The lowest BCUT2D eigenvalue weighted by Gasteiger charge is -2.36. The van der Waals surface area contributed by atoms with Crippen LogP contribution in [-0.2, 0) is 14.3 Å². The van der Waals surface area contributed by atoms with Crippen LogP contribution in [0.25, 0.3) is 0 Å². The fourth-order valence-corrected chi connectivity index (χ4v) is 6.64. The highest BCUT2D eigenvalue weighted by Crippen LogP contribution is 2.69. The molecular weight excluding hydrogens is 284 g/mol. The van der Waals surface area contributed by atoms with E-state index in [0.29, 0.717) is 11.8 Å². The molecule has 114 valence electrons. The van der Waals surface area contributed by atoms with E-state index >= 15 is 0 Å². The van der Waals surface area contributed by atoms with Crippen LogP contribution in [0.15, 0.2) is 29.2 Å². The topological polar surface area (TPSA) is 43.4 Å². The molecule has 2 unspecified atom stereocenters. The molecule has 1 aromatic carbocycles. The first-order valence-corrected chi connectivity index (χ1v) is 9.25. The molecule has 2 atom stereocenters. The van der Waals surface area contributed by atoms with Gasteiger partial charge >= 0.3 is 0 Å². The molecule has 0 heterocycles. The highest BCUT2D eigenvalue weighted by Gasteiger charge is 2.67. The zero-order valence-corrected chi connectivity index (χ0v) is 13.4. The van der Waals surface area contributed by atoms with Gasteiger partial charge in [-0.1, -0.05) is 24.6 Å². The Morgan fingerprint density at radius 1 is 1.05 bits per heavy atom. The molecule has 4 fully saturated rings. The lowest BCUT2D eigenvalue weighted by Crippen LogP contribution is -2.41. The molecule has 4 bridgehead atoms. The Kier molecular flexibility index (Phi) is 2.69. The number of hydrogen-bond donors (Lipinski definition) is 0. The molecule has 0 spiro atoms. The Bertz CT molecular complexity index is 660. The van der Waals surface area contributed by atoms with Crippen LogP contribution in [0.3, 0.4) is 0 Å². The zero-order valence-electron chi connectivity index (χ0n) is 12.6. The first kappa shape index (κ1) is 13.8. The molecule has 5 rings (SSSR count). The minimum absolute atomic E-state index is 0.0539. The summed E-state index contributed by atoms with van der Waals surface area (Å²) in [5, 5.41) is 0. The van der Waals surface area contributed by atoms with Crippen LogP contribution in [0.2, 0.25) is 0 Å². The minimum Gasteiger partial charge on any atom is -0.259 e. The van der Waals surface area contributed by atoms with Crippen molar-refractivity contribution in [1.82, 2.24) is 0 Å². The van der Waals surface area contributed by atoms with Crippen molar-refractivity contribution < 1.29 is 12.6 Å². The molecule has 4 aliphatic rings. The van der Waals surface area contributed by atoms with Crippen molar-refractivity contribution >= 4 is 10.1 Å². The maximum absolute atomic E-state index is 12.7. The molecule has 0 aliphatic heterocycles. The van der Waals surface area contributed by atoms with Crippen molar-refractivity contribution in [2.45, 2.75) is 56.4 Å². The molecule has 0 radical (unpaired) electrons. The summed E-state index contributed by atoms with van der Waals surface area (Å²) in [6, 6.07) is 6.97. The molecule has 4 aliphatic carbocycles. The van der Waals surface area contributed by atoms with Gasteiger partial charge in [-0.15, -0.1) is 0 Å². The predicted molar refractivity (Wildman–Crippen MR) is 80.4 cm³/mol. The summed E-state index contributed by atoms with van der Waals surface area (Å²) in [5.41, 5.74) is 0.669. The normalized spacial score (nSPS) is 40.9. The van der Waals surface area contributed by atoms with E-state index in [0.717, 1.165) is 31.2 Å². The van der Waals surface area contributed by atoms with Crippen molar-refractivity contribution in [1.29, 1.82) is 0 Å². The molecule has 0 saturated heterocycles. The summed E-state index contributed by atoms with van der Waals surface area (Å²) in [7, 11) is -3.66. The van der Waals surface area contributed by atoms with Crippen LogP contribution in [0.1, 0.15) is 44.6 Å². The number of aryl methyl sites for hydroxylation is 1. The second-order valence-electron chi connectivity index (χ2n) is 7.69. The van der Waals surface area contributed by atoms with Gasteiger partial charge in [0.15, 0.2) is 0 Å². The van der Waals surface area contributed by atoms with Crippen LogP contribution in [0.4, 0.5) is 0 Å². The highest BCUT2D eigenvalue weighted by atomic mass is 32.2. The second kappa shape index (κ2) is 4.11. The lowest BCUT2D eigenvalue weighted by molar-refractivity contribution is 0.00138. The van der Waals surface area contributed by atoms with E-state index in [1.54, 1.807) is 12.1 Å². The Labute approximate surface area is 126 Å². The first-order valence-electron chi connectivity index (χ1n) is 7.84. The average molecular weight is 306 g/mol. The Balaban J connectivity index is 1.68. The smallest absolute Gasteiger partial charge is 0.259 e. The van der Waals surface area contributed by atoms with Crippen molar-refractivity contribution in [3.63, 3.8) is 0 Å². The standard InChI is InChI=1S/C17H22O3S/c1-12-3-5-15(6-4-12)21(18,19)20-17-10-13-7-14(11-17)9-16(17,2)8-13/h3-6,13-14H,7-11H2,1-2H3. The van der Waals surface area contributed by atoms with E-state index in [9.17, 15) is 8.42 Å². The molecular formula is C17H22O3S. The number of benzene rings is 1. The number of hydrogen-bond acceptors (Lipinski definition) is 3. The van der Waals surface area contributed by atoms with Crippen LogP contribution in [-0.4, -0.2) is 14.0 Å². The van der Waals surface area contributed by atoms with Gasteiger partial charge in [-0.3, -0.25) is 4.18 Å². The third-order valence-corrected chi connectivity index (χ3v) is 7.45. The van der Waals surface area contributed by atoms with E-state index in [4.69, 9.17) is 4.18 Å². The summed E-state index contributed by atoms with van der Waals surface area (Å²) in [4.78, 5) is 0.289. The minimum atomic E-state index is -3.66. The monoisotopic (exact) mass is 306 g/mol. The van der Waals surface area contributed by atoms with Gasteiger partial charge in [0.2, 0.25) is 0 Å². The second-order valence-corrected chi connectivity index (χ2v) is 9.24. The van der Waals surface area contributed by atoms with Gasteiger partial charge < -0.3 is 0 Å². The lowest BCUT2D eigenvalue weighted by atomic mass is 9.76. The third-order valence-electron chi connectivity index (χ3n) is 6.06. The average Bonchev–Trinajstić information content (AvgIpc) is 2.66. The first-order chi connectivity index (χ1) is 9.82. The van der Waals surface area contributed by atoms with Gasteiger partial charge in [-0.05, 0) is 68.4 Å².